The van der Waals surface area contributed by atoms with Crippen LogP contribution < -0.4 is 0 Å². The summed E-state index contributed by atoms with van der Waals surface area (Å²) in [6.45, 7) is 7.31. The Kier molecular flexibility index (Phi) is 4.49. The SMILES string of the molecule is Cc1ccc(C(=O)N2CC(c3ccccc3)OCC2C)cc1C. The molecule has 0 N–H and O–H groups in total. The molecule has 2 atom stereocenters. The number of nitrogens with zero attached hydrogens (tertiary/aromatic N) is 1. The van der Waals surface area contributed by atoms with Crippen LogP contribution >= 0.6 is 0 Å². The maximum absolute atomic E-state index is 12.9. The highest BCUT2D eigenvalue weighted by Crippen LogP contribution is 2.26. The molecule has 120 valence electrons. The van der Waals surface area contributed by atoms with Crippen molar-refractivity contribution in [1.29, 1.82) is 0 Å². The van der Waals surface area contributed by atoms with Gasteiger partial charge in [0.1, 0.15) is 6.10 Å². The first-order chi connectivity index (χ1) is 11.1. The molecule has 2 aromatic rings. The van der Waals surface area contributed by atoms with Crippen LogP contribution in [0, 0.1) is 13.8 Å². The molecular weight excluding hydrogens is 286 g/mol. The van der Waals surface area contributed by atoms with Gasteiger partial charge in [-0.1, -0.05) is 36.4 Å². The highest BCUT2D eigenvalue weighted by Gasteiger charge is 2.31. The molecule has 0 saturated carbocycles. The molecule has 0 aliphatic carbocycles. The summed E-state index contributed by atoms with van der Waals surface area (Å²) in [5.74, 6) is 0.0878. The Labute approximate surface area is 137 Å². The molecule has 1 aliphatic heterocycles. The second-order valence-corrected chi connectivity index (χ2v) is 6.34. The van der Waals surface area contributed by atoms with Crippen molar-refractivity contribution in [2.45, 2.75) is 32.9 Å². The molecule has 2 unspecified atom stereocenters. The van der Waals surface area contributed by atoms with Crippen molar-refractivity contribution in [3.63, 3.8) is 0 Å². The molecule has 0 spiro atoms. The first-order valence-corrected chi connectivity index (χ1v) is 8.11. The third-order valence-electron chi connectivity index (χ3n) is 4.62. The molecule has 23 heavy (non-hydrogen) atoms. The van der Waals surface area contributed by atoms with E-state index in [4.69, 9.17) is 4.74 Å². The van der Waals surface area contributed by atoms with E-state index < -0.39 is 0 Å². The lowest BCUT2D eigenvalue weighted by Gasteiger charge is -2.38. The van der Waals surface area contributed by atoms with Crippen molar-refractivity contribution < 1.29 is 9.53 Å². The van der Waals surface area contributed by atoms with Crippen molar-refractivity contribution in [3.8, 4) is 0 Å². The third-order valence-corrected chi connectivity index (χ3v) is 4.62. The van der Waals surface area contributed by atoms with Crippen LogP contribution in [0.1, 0.15) is 40.1 Å². The minimum Gasteiger partial charge on any atom is -0.370 e. The molecule has 0 aromatic heterocycles. The summed E-state index contributed by atoms with van der Waals surface area (Å²) in [5, 5.41) is 0. The van der Waals surface area contributed by atoms with Gasteiger partial charge in [0.05, 0.1) is 19.2 Å². The van der Waals surface area contributed by atoms with Gasteiger partial charge in [-0.3, -0.25) is 4.79 Å². The van der Waals surface area contributed by atoms with E-state index in [-0.39, 0.29) is 18.1 Å². The normalized spacial score (nSPS) is 21.3. The number of amides is 1. The first kappa shape index (κ1) is 15.8. The van der Waals surface area contributed by atoms with Gasteiger partial charge < -0.3 is 9.64 Å². The molecule has 3 nitrogen and oxygen atoms in total. The molecule has 1 fully saturated rings. The maximum Gasteiger partial charge on any atom is 0.254 e. The van der Waals surface area contributed by atoms with E-state index in [0.29, 0.717) is 13.2 Å². The Morgan fingerprint density at radius 3 is 2.52 bits per heavy atom. The second kappa shape index (κ2) is 6.55. The van der Waals surface area contributed by atoms with Gasteiger partial charge in [0.2, 0.25) is 0 Å². The minimum atomic E-state index is -0.0529. The third kappa shape index (κ3) is 3.30. The number of aryl methyl sites for hydroxylation is 2. The van der Waals surface area contributed by atoms with Gasteiger partial charge in [-0.05, 0) is 49.6 Å². The fraction of sp³-hybridized carbons (Fsp3) is 0.350. The zero-order valence-electron chi connectivity index (χ0n) is 14.0. The van der Waals surface area contributed by atoms with Gasteiger partial charge in [0.15, 0.2) is 0 Å². The van der Waals surface area contributed by atoms with E-state index in [9.17, 15) is 4.79 Å². The van der Waals surface area contributed by atoms with Crippen molar-refractivity contribution in [2.75, 3.05) is 13.2 Å². The van der Waals surface area contributed by atoms with Crippen molar-refractivity contribution in [1.82, 2.24) is 4.90 Å². The molecule has 1 amide bonds. The van der Waals surface area contributed by atoms with Gasteiger partial charge in [-0.2, -0.15) is 0 Å². The van der Waals surface area contributed by atoms with Gasteiger partial charge in [0.25, 0.3) is 5.91 Å². The van der Waals surface area contributed by atoms with Crippen LogP contribution in [0.3, 0.4) is 0 Å². The van der Waals surface area contributed by atoms with Crippen LogP contribution in [0.25, 0.3) is 0 Å². The second-order valence-electron chi connectivity index (χ2n) is 6.34. The highest BCUT2D eigenvalue weighted by molar-refractivity contribution is 5.94. The molecule has 1 saturated heterocycles. The van der Waals surface area contributed by atoms with Crippen LogP contribution in [0.15, 0.2) is 48.5 Å². The number of hydrogen-bond acceptors (Lipinski definition) is 2. The quantitative estimate of drug-likeness (QED) is 0.842. The molecule has 1 heterocycles. The van der Waals surface area contributed by atoms with Gasteiger partial charge in [-0.15, -0.1) is 0 Å². The number of rotatable bonds is 2. The Bertz CT molecular complexity index is 696. The fourth-order valence-electron chi connectivity index (χ4n) is 2.95. The summed E-state index contributed by atoms with van der Waals surface area (Å²) in [5.41, 5.74) is 4.24. The number of benzene rings is 2. The Morgan fingerprint density at radius 2 is 1.83 bits per heavy atom. The smallest absolute Gasteiger partial charge is 0.254 e. The Morgan fingerprint density at radius 1 is 1.09 bits per heavy atom. The molecule has 2 aromatic carbocycles. The minimum absolute atomic E-state index is 0.0529. The van der Waals surface area contributed by atoms with Crippen LogP contribution in [0.4, 0.5) is 0 Å². The molecule has 3 heteroatoms. The van der Waals surface area contributed by atoms with Crippen molar-refractivity contribution in [2.24, 2.45) is 0 Å². The molecule has 0 bridgehead atoms. The molecule has 1 aliphatic rings. The topological polar surface area (TPSA) is 29.5 Å². The molecule has 3 rings (SSSR count). The average Bonchev–Trinajstić information content (AvgIpc) is 2.58. The van der Waals surface area contributed by atoms with Crippen LogP contribution in [-0.4, -0.2) is 30.0 Å². The number of morpholine rings is 1. The predicted molar refractivity (Wildman–Crippen MR) is 91.5 cm³/mol. The average molecular weight is 309 g/mol. The van der Waals surface area contributed by atoms with E-state index in [0.717, 1.165) is 16.7 Å². The van der Waals surface area contributed by atoms with E-state index in [1.165, 1.54) is 5.56 Å². The van der Waals surface area contributed by atoms with Gasteiger partial charge in [-0.25, -0.2) is 0 Å². The summed E-state index contributed by atoms with van der Waals surface area (Å²) in [7, 11) is 0. The largest absolute Gasteiger partial charge is 0.370 e. The zero-order chi connectivity index (χ0) is 16.4. The van der Waals surface area contributed by atoms with E-state index in [2.05, 4.69) is 19.1 Å². The lowest BCUT2D eigenvalue weighted by molar-refractivity contribution is -0.0486. The van der Waals surface area contributed by atoms with E-state index in [1.807, 2.05) is 55.1 Å². The lowest BCUT2D eigenvalue weighted by atomic mass is 10.0. The zero-order valence-corrected chi connectivity index (χ0v) is 14.0. The number of ether oxygens (including phenoxy) is 1. The first-order valence-electron chi connectivity index (χ1n) is 8.11. The number of carbonyl (C=O) groups excluding carboxylic acids is 1. The maximum atomic E-state index is 12.9. The fourth-order valence-corrected chi connectivity index (χ4v) is 2.95. The number of hydrogen-bond donors (Lipinski definition) is 0. The molecular formula is C20H23NO2. The lowest BCUT2D eigenvalue weighted by Crippen LogP contribution is -2.48. The van der Waals surface area contributed by atoms with Gasteiger partial charge in [0, 0.05) is 5.56 Å². The van der Waals surface area contributed by atoms with Gasteiger partial charge >= 0.3 is 0 Å². The summed E-state index contributed by atoms with van der Waals surface area (Å²) in [6, 6.07) is 16.1. The summed E-state index contributed by atoms with van der Waals surface area (Å²) in [6.07, 6.45) is -0.0529. The number of carbonyl (C=O) groups is 1. The molecule has 0 radical (unpaired) electrons. The summed E-state index contributed by atoms with van der Waals surface area (Å²) >= 11 is 0. The monoisotopic (exact) mass is 309 g/mol. The van der Waals surface area contributed by atoms with Crippen molar-refractivity contribution >= 4 is 5.91 Å². The standard InChI is InChI=1S/C20H23NO2/c1-14-9-10-18(11-15(14)2)20(22)21-12-19(23-13-16(21)3)17-7-5-4-6-8-17/h4-11,16,19H,12-13H2,1-3H3. The Balaban J connectivity index is 1.82. The highest BCUT2D eigenvalue weighted by atomic mass is 16.5. The van der Waals surface area contributed by atoms with Crippen LogP contribution in [-0.2, 0) is 4.74 Å². The predicted octanol–water partition coefficient (Wildman–Crippen LogP) is 3.91. The van der Waals surface area contributed by atoms with Crippen LogP contribution in [0.2, 0.25) is 0 Å². The van der Waals surface area contributed by atoms with E-state index >= 15 is 0 Å². The van der Waals surface area contributed by atoms with Crippen molar-refractivity contribution in [3.05, 3.63) is 70.8 Å². The summed E-state index contributed by atoms with van der Waals surface area (Å²) in [4.78, 5) is 14.9. The summed E-state index contributed by atoms with van der Waals surface area (Å²) < 4.78 is 5.94. The van der Waals surface area contributed by atoms with Crippen LogP contribution in [0.5, 0.6) is 0 Å². The van der Waals surface area contributed by atoms with E-state index in [1.54, 1.807) is 0 Å². The Hall–Kier alpha value is -2.13.